The van der Waals surface area contributed by atoms with E-state index in [1.165, 1.54) is 6.07 Å². The fourth-order valence-electron chi connectivity index (χ4n) is 1.24. The molecule has 0 atom stereocenters. The summed E-state index contributed by atoms with van der Waals surface area (Å²) in [5.41, 5.74) is 2.27. The van der Waals surface area contributed by atoms with Crippen molar-refractivity contribution in [3.63, 3.8) is 0 Å². The minimum atomic E-state index is -0.584. The first-order valence-electron chi connectivity index (χ1n) is 5.07. The fraction of sp³-hybridized carbons (Fsp3) is 0.300. The van der Waals surface area contributed by atoms with Gasteiger partial charge in [0.1, 0.15) is 5.75 Å². The maximum absolute atomic E-state index is 10.9. The Labute approximate surface area is 103 Å². The van der Waals surface area contributed by atoms with Crippen molar-refractivity contribution < 1.29 is 19.3 Å². The molecule has 0 fully saturated rings. The first-order chi connectivity index (χ1) is 8.54. The van der Waals surface area contributed by atoms with Crippen LogP contribution in [-0.4, -0.2) is 17.5 Å². The van der Waals surface area contributed by atoms with Crippen molar-refractivity contribution in [3.05, 3.63) is 33.9 Å². The Kier molecular flexibility index (Phi) is 5.03. The second-order valence-electron chi connectivity index (χ2n) is 3.40. The molecule has 0 aromatic heterocycles. The molecule has 3 N–H and O–H groups in total. The SMILES string of the molecule is Cc1ccc(OCCC(=O)ONN)cc1[N+](=O)[O-]. The van der Waals surface area contributed by atoms with Gasteiger partial charge in [-0.3, -0.25) is 14.9 Å². The van der Waals surface area contributed by atoms with Crippen LogP contribution in [0.3, 0.4) is 0 Å². The molecule has 0 aliphatic heterocycles. The topological polar surface area (TPSA) is 117 Å². The third-order valence-corrected chi connectivity index (χ3v) is 2.12. The Balaban J connectivity index is 2.55. The quantitative estimate of drug-likeness (QED) is 0.434. The smallest absolute Gasteiger partial charge is 0.329 e. The summed E-state index contributed by atoms with van der Waals surface area (Å²) < 4.78 is 5.19. The molecule has 0 saturated carbocycles. The fourth-order valence-corrected chi connectivity index (χ4v) is 1.24. The summed E-state index contributed by atoms with van der Waals surface area (Å²) in [6, 6.07) is 4.48. The van der Waals surface area contributed by atoms with Crippen LogP contribution in [0.5, 0.6) is 5.75 Å². The van der Waals surface area contributed by atoms with Crippen LogP contribution in [0.25, 0.3) is 0 Å². The van der Waals surface area contributed by atoms with Gasteiger partial charge in [-0.15, -0.1) is 0 Å². The predicted molar refractivity (Wildman–Crippen MR) is 61.4 cm³/mol. The van der Waals surface area contributed by atoms with Gasteiger partial charge in [-0.1, -0.05) is 5.59 Å². The predicted octanol–water partition coefficient (Wildman–Crippen LogP) is 0.594. The molecule has 18 heavy (non-hydrogen) atoms. The van der Waals surface area contributed by atoms with E-state index >= 15 is 0 Å². The van der Waals surface area contributed by atoms with Crippen LogP contribution in [-0.2, 0) is 9.63 Å². The largest absolute Gasteiger partial charge is 0.493 e. The highest BCUT2D eigenvalue weighted by atomic mass is 16.7. The lowest BCUT2D eigenvalue weighted by Gasteiger charge is -2.06. The van der Waals surface area contributed by atoms with Crippen molar-refractivity contribution in [2.45, 2.75) is 13.3 Å². The van der Waals surface area contributed by atoms with Gasteiger partial charge in [0.05, 0.1) is 24.0 Å². The minimum absolute atomic E-state index is 0.0220. The average molecular weight is 255 g/mol. The molecule has 0 saturated heterocycles. The van der Waals surface area contributed by atoms with E-state index in [9.17, 15) is 14.9 Å². The number of nitrogens with one attached hydrogen (secondary N) is 1. The van der Waals surface area contributed by atoms with E-state index in [1.807, 2.05) is 0 Å². The minimum Gasteiger partial charge on any atom is -0.493 e. The van der Waals surface area contributed by atoms with Crippen LogP contribution in [0.1, 0.15) is 12.0 Å². The summed E-state index contributed by atoms with van der Waals surface area (Å²) in [5.74, 6) is 4.51. The van der Waals surface area contributed by atoms with Gasteiger partial charge in [0, 0.05) is 5.56 Å². The van der Waals surface area contributed by atoms with E-state index in [0.717, 1.165) is 0 Å². The number of hydrogen-bond acceptors (Lipinski definition) is 7. The number of rotatable bonds is 6. The number of ether oxygens (including phenoxy) is 1. The summed E-state index contributed by atoms with van der Waals surface area (Å²) in [4.78, 5) is 25.4. The standard InChI is InChI=1S/C10H13N3O5/c1-7-2-3-8(6-9(7)13(15)16)17-5-4-10(14)18-12-11/h2-3,6,12H,4-5,11H2,1H3. The Hall–Kier alpha value is -2.19. The van der Waals surface area contributed by atoms with Crippen LogP contribution in [0, 0.1) is 17.0 Å². The molecular formula is C10H13N3O5. The zero-order valence-electron chi connectivity index (χ0n) is 9.71. The molecule has 1 aromatic carbocycles. The molecule has 0 heterocycles. The summed E-state index contributed by atoms with van der Waals surface area (Å²) in [7, 11) is 0. The highest BCUT2D eigenvalue weighted by molar-refractivity contribution is 5.69. The molecule has 0 aliphatic carbocycles. The van der Waals surface area contributed by atoms with Crippen molar-refractivity contribution in [1.82, 2.24) is 5.59 Å². The van der Waals surface area contributed by atoms with Crippen LogP contribution in [0.2, 0.25) is 0 Å². The Morgan fingerprint density at radius 1 is 1.56 bits per heavy atom. The van der Waals surface area contributed by atoms with Crippen LogP contribution in [0.15, 0.2) is 18.2 Å². The van der Waals surface area contributed by atoms with Gasteiger partial charge in [0.25, 0.3) is 5.69 Å². The number of hydrogen-bond donors (Lipinski definition) is 2. The zero-order valence-corrected chi connectivity index (χ0v) is 9.71. The monoisotopic (exact) mass is 255 g/mol. The van der Waals surface area contributed by atoms with E-state index < -0.39 is 10.9 Å². The number of nitro benzene ring substituents is 1. The first kappa shape index (κ1) is 13.9. The van der Waals surface area contributed by atoms with Crippen LogP contribution >= 0.6 is 0 Å². The maximum atomic E-state index is 10.9. The molecule has 98 valence electrons. The van der Waals surface area contributed by atoms with Crippen molar-refractivity contribution in [2.75, 3.05) is 6.61 Å². The zero-order chi connectivity index (χ0) is 13.5. The molecule has 0 radical (unpaired) electrons. The van der Waals surface area contributed by atoms with Crippen molar-refractivity contribution in [1.29, 1.82) is 0 Å². The summed E-state index contributed by atoms with van der Waals surface area (Å²) in [6.07, 6.45) is -0.0220. The Morgan fingerprint density at radius 3 is 2.89 bits per heavy atom. The number of nitro groups is 1. The third-order valence-electron chi connectivity index (χ3n) is 2.12. The van der Waals surface area contributed by atoms with Crippen molar-refractivity contribution in [2.24, 2.45) is 5.84 Å². The maximum Gasteiger partial charge on any atom is 0.329 e. The average Bonchev–Trinajstić information content (AvgIpc) is 2.31. The Bertz CT molecular complexity index is 449. The van der Waals surface area contributed by atoms with Crippen molar-refractivity contribution >= 4 is 11.7 Å². The number of aryl methyl sites for hydroxylation is 1. The lowest BCUT2D eigenvalue weighted by molar-refractivity contribution is -0.385. The van der Waals surface area contributed by atoms with E-state index in [1.54, 1.807) is 24.6 Å². The molecule has 0 bridgehead atoms. The first-order valence-corrected chi connectivity index (χ1v) is 5.07. The lowest BCUT2D eigenvalue weighted by Crippen LogP contribution is -2.26. The number of carbonyl (C=O) groups excluding carboxylic acids is 1. The number of hydrazine groups is 1. The van der Waals surface area contributed by atoms with E-state index in [0.29, 0.717) is 11.3 Å². The molecule has 1 rings (SSSR count). The molecule has 0 amide bonds. The summed E-state index contributed by atoms with van der Waals surface area (Å²) in [5, 5.41) is 10.7. The molecule has 1 aromatic rings. The number of nitrogens with two attached hydrogens (primary N) is 1. The highest BCUT2D eigenvalue weighted by Crippen LogP contribution is 2.23. The van der Waals surface area contributed by atoms with E-state index in [-0.39, 0.29) is 18.7 Å². The van der Waals surface area contributed by atoms with Gasteiger partial charge in [0.2, 0.25) is 0 Å². The second kappa shape index (κ2) is 6.52. The van der Waals surface area contributed by atoms with Gasteiger partial charge in [-0.25, -0.2) is 5.84 Å². The highest BCUT2D eigenvalue weighted by Gasteiger charge is 2.12. The summed E-state index contributed by atoms with van der Waals surface area (Å²) in [6.45, 7) is 1.67. The second-order valence-corrected chi connectivity index (χ2v) is 3.40. The molecular weight excluding hydrogens is 242 g/mol. The molecule has 0 unspecified atom stereocenters. The van der Waals surface area contributed by atoms with E-state index in [2.05, 4.69) is 4.84 Å². The van der Waals surface area contributed by atoms with Gasteiger partial charge in [0.15, 0.2) is 0 Å². The third kappa shape index (κ3) is 4.00. The lowest BCUT2D eigenvalue weighted by atomic mass is 10.2. The number of nitrogens with zero attached hydrogens (tertiary/aromatic N) is 1. The van der Waals surface area contributed by atoms with E-state index in [4.69, 9.17) is 10.6 Å². The normalized spacial score (nSPS) is 9.89. The van der Waals surface area contributed by atoms with Gasteiger partial charge < -0.3 is 9.57 Å². The number of benzene rings is 1. The molecule has 8 nitrogen and oxygen atoms in total. The van der Waals surface area contributed by atoms with Crippen LogP contribution < -0.4 is 16.2 Å². The van der Waals surface area contributed by atoms with Gasteiger partial charge in [-0.2, -0.15) is 0 Å². The summed E-state index contributed by atoms with van der Waals surface area (Å²) >= 11 is 0. The van der Waals surface area contributed by atoms with Gasteiger partial charge >= 0.3 is 5.97 Å². The van der Waals surface area contributed by atoms with Crippen LogP contribution in [0.4, 0.5) is 5.69 Å². The molecule has 0 spiro atoms. The molecule has 8 heteroatoms. The van der Waals surface area contributed by atoms with Gasteiger partial charge in [-0.05, 0) is 19.1 Å². The molecule has 0 aliphatic rings. The van der Waals surface area contributed by atoms with Crippen molar-refractivity contribution in [3.8, 4) is 5.75 Å². The Morgan fingerprint density at radius 2 is 2.28 bits per heavy atom. The number of carbonyl (C=O) groups is 1.